The van der Waals surface area contributed by atoms with E-state index in [0.29, 0.717) is 6.54 Å². The van der Waals surface area contributed by atoms with E-state index in [9.17, 15) is 10.1 Å². The average Bonchev–Trinajstić information content (AvgIpc) is 3.06. The van der Waals surface area contributed by atoms with Gasteiger partial charge >= 0.3 is 0 Å². The van der Waals surface area contributed by atoms with E-state index in [1.807, 2.05) is 11.4 Å². The second kappa shape index (κ2) is 7.35. The van der Waals surface area contributed by atoms with Gasteiger partial charge < -0.3 is 5.32 Å². The summed E-state index contributed by atoms with van der Waals surface area (Å²) < 4.78 is 1.04. The summed E-state index contributed by atoms with van der Waals surface area (Å²) in [6, 6.07) is 8.56. The fourth-order valence-electron chi connectivity index (χ4n) is 2.40. The number of unbranched alkanes of at least 4 members (excludes halogenated alkanes) is 1. The number of thiophene rings is 1. The molecule has 7 heteroatoms. The van der Waals surface area contributed by atoms with Crippen molar-refractivity contribution in [1.29, 1.82) is 0 Å². The first-order valence-corrected chi connectivity index (χ1v) is 8.76. The van der Waals surface area contributed by atoms with E-state index in [-0.39, 0.29) is 5.69 Å². The number of aromatic nitrogens is 2. The molecule has 0 bridgehead atoms. The van der Waals surface area contributed by atoms with Crippen LogP contribution in [0.25, 0.3) is 10.2 Å². The molecule has 0 aliphatic carbocycles. The van der Waals surface area contributed by atoms with Gasteiger partial charge in [-0.1, -0.05) is 25.5 Å². The highest BCUT2D eigenvalue weighted by Gasteiger charge is 2.09. The molecule has 124 valence electrons. The number of anilines is 1. The van der Waals surface area contributed by atoms with Crippen LogP contribution in [-0.4, -0.2) is 14.9 Å². The maximum absolute atomic E-state index is 10.7. The molecule has 0 fully saturated rings. The topological polar surface area (TPSA) is 81.0 Å². The number of benzene rings is 1. The largest absolute Gasteiger partial charge is 0.365 e. The average molecular weight is 342 g/mol. The van der Waals surface area contributed by atoms with Gasteiger partial charge in [-0.15, -0.1) is 11.3 Å². The van der Waals surface area contributed by atoms with Gasteiger partial charge in [-0.2, -0.15) is 0 Å². The molecule has 3 rings (SSSR count). The zero-order chi connectivity index (χ0) is 16.9. The number of hydrogen-bond donors (Lipinski definition) is 1. The van der Waals surface area contributed by atoms with E-state index < -0.39 is 4.92 Å². The Morgan fingerprint density at radius 2 is 2.00 bits per heavy atom. The van der Waals surface area contributed by atoms with Crippen LogP contribution in [0.15, 0.2) is 35.7 Å². The van der Waals surface area contributed by atoms with Gasteiger partial charge in [0.2, 0.25) is 0 Å². The van der Waals surface area contributed by atoms with Crippen molar-refractivity contribution in [3.05, 3.63) is 57.2 Å². The van der Waals surface area contributed by atoms with E-state index in [0.717, 1.165) is 46.7 Å². The molecule has 0 saturated carbocycles. The zero-order valence-corrected chi connectivity index (χ0v) is 14.2. The lowest BCUT2D eigenvalue weighted by Crippen LogP contribution is -2.05. The van der Waals surface area contributed by atoms with Gasteiger partial charge in [0.15, 0.2) is 0 Å². The fourth-order valence-corrected chi connectivity index (χ4v) is 3.20. The number of aryl methyl sites for hydroxylation is 1. The van der Waals surface area contributed by atoms with Crippen LogP contribution in [0.1, 0.15) is 31.2 Å². The first-order chi connectivity index (χ1) is 11.7. The van der Waals surface area contributed by atoms with Gasteiger partial charge in [-0.25, -0.2) is 9.97 Å². The van der Waals surface area contributed by atoms with E-state index in [1.54, 1.807) is 23.5 Å². The summed E-state index contributed by atoms with van der Waals surface area (Å²) in [5.74, 6) is 1.69. The lowest BCUT2D eigenvalue weighted by molar-refractivity contribution is -0.384. The number of fused-ring (bicyclic) bond motifs is 1. The molecule has 0 saturated heterocycles. The molecule has 0 amide bonds. The highest BCUT2D eigenvalue weighted by Crippen LogP contribution is 2.27. The van der Waals surface area contributed by atoms with Crippen molar-refractivity contribution in [2.75, 3.05) is 5.32 Å². The van der Waals surface area contributed by atoms with Crippen LogP contribution in [0.4, 0.5) is 11.5 Å². The van der Waals surface area contributed by atoms with Crippen molar-refractivity contribution in [2.45, 2.75) is 32.7 Å². The smallest absolute Gasteiger partial charge is 0.269 e. The third-order valence-corrected chi connectivity index (χ3v) is 4.62. The molecular weight excluding hydrogens is 324 g/mol. The van der Waals surface area contributed by atoms with Crippen LogP contribution in [-0.2, 0) is 13.0 Å². The van der Waals surface area contributed by atoms with E-state index in [2.05, 4.69) is 22.2 Å². The standard InChI is InChI=1S/C17H18N4O2S/c1-2-3-4-15-19-14-9-10-24-16(14)17(20-15)18-11-12-5-7-13(8-6-12)21(22)23/h5-10H,2-4,11H2,1H3,(H,18,19,20). The zero-order valence-electron chi connectivity index (χ0n) is 13.4. The monoisotopic (exact) mass is 342 g/mol. The number of nitro benzene ring substituents is 1. The Balaban J connectivity index is 1.78. The van der Waals surface area contributed by atoms with Crippen molar-refractivity contribution in [1.82, 2.24) is 9.97 Å². The molecule has 2 aromatic heterocycles. The van der Waals surface area contributed by atoms with Crippen molar-refractivity contribution in [2.24, 2.45) is 0 Å². The van der Waals surface area contributed by atoms with Gasteiger partial charge in [-0.05, 0) is 23.4 Å². The highest BCUT2D eigenvalue weighted by molar-refractivity contribution is 7.17. The lowest BCUT2D eigenvalue weighted by Gasteiger charge is -2.09. The van der Waals surface area contributed by atoms with Crippen LogP contribution < -0.4 is 5.32 Å². The summed E-state index contributed by atoms with van der Waals surface area (Å²) in [5, 5.41) is 16.1. The number of rotatable bonds is 7. The van der Waals surface area contributed by atoms with Gasteiger partial charge in [0.25, 0.3) is 5.69 Å². The van der Waals surface area contributed by atoms with E-state index in [1.165, 1.54) is 12.1 Å². The molecule has 3 aromatic rings. The van der Waals surface area contributed by atoms with Crippen LogP contribution in [0, 0.1) is 10.1 Å². The van der Waals surface area contributed by atoms with Crippen LogP contribution in [0.3, 0.4) is 0 Å². The molecule has 0 atom stereocenters. The molecule has 0 unspecified atom stereocenters. The van der Waals surface area contributed by atoms with Gasteiger partial charge in [0.1, 0.15) is 11.6 Å². The molecule has 6 nitrogen and oxygen atoms in total. The van der Waals surface area contributed by atoms with Crippen molar-refractivity contribution in [3.8, 4) is 0 Å². The number of hydrogen-bond acceptors (Lipinski definition) is 6. The van der Waals surface area contributed by atoms with Crippen molar-refractivity contribution >= 4 is 33.1 Å². The summed E-state index contributed by atoms with van der Waals surface area (Å²) in [6.07, 6.45) is 3.04. The molecule has 2 heterocycles. The summed E-state index contributed by atoms with van der Waals surface area (Å²) in [4.78, 5) is 19.6. The molecule has 0 spiro atoms. The molecular formula is C17H18N4O2S. The van der Waals surface area contributed by atoms with Crippen molar-refractivity contribution < 1.29 is 4.92 Å². The molecule has 1 N–H and O–H groups in total. The maximum atomic E-state index is 10.7. The number of nitro groups is 1. The molecule has 24 heavy (non-hydrogen) atoms. The van der Waals surface area contributed by atoms with E-state index in [4.69, 9.17) is 0 Å². The number of non-ortho nitro benzene ring substituents is 1. The van der Waals surface area contributed by atoms with Gasteiger partial charge in [0, 0.05) is 25.1 Å². The minimum absolute atomic E-state index is 0.100. The predicted octanol–water partition coefficient (Wildman–Crippen LogP) is 4.55. The lowest BCUT2D eigenvalue weighted by atomic mass is 10.2. The Bertz CT molecular complexity index is 845. The second-order valence-corrected chi connectivity index (χ2v) is 6.42. The summed E-state index contributed by atoms with van der Waals surface area (Å²) in [5.41, 5.74) is 2.04. The second-order valence-electron chi connectivity index (χ2n) is 5.50. The Morgan fingerprint density at radius 1 is 1.21 bits per heavy atom. The van der Waals surface area contributed by atoms with Crippen LogP contribution in [0.2, 0.25) is 0 Å². The quantitative estimate of drug-likeness (QED) is 0.503. The van der Waals surface area contributed by atoms with Crippen LogP contribution >= 0.6 is 11.3 Å². The summed E-state index contributed by atoms with van der Waals surface area (Å²) in [7, 11) is 0. The normalized spacial score (nSPS) is 10.9. The number of nitrogens with one attached hydrogen (secondary N) is 1. The maximum Gasteiger partial charge on any atom is 0.269 e. The first-order valence-electron chi connectivity index (χ1n) is 7.88. The first kappa shape index (κ1) is 16.3. The van der Waals surface area contributed by atoms with Gasteiger partial charge in [-0.3, -0.25) is 10.1 Å². The van der Waals surface area contributed by atoms with Gasteiger partial charge in [0.05, 0.1) is 15.1 Å². The Kier molecular flexibility index (Phi) is 5.00. The Labute approximate surface area is 143 Å². The molecule has 1 aromatic carbocycles. The molecule has 0 aliphatic rings. The van der Waals surface area contributed by atoms with E-state index >= 15 is 0 Å². The summed E-state index contributed by atoms with van der Waals surface area (Å²) >= 11 is 1.61. The third kappa shape index (κ3) is 3.68. The minimum Gasteiger partial charge on any atom is -0.365 e. The SMILES string of the molecule is CCCCc1nc(NCc2ccc([N+](=O)[O-])cc2)c2sccc2n1. The molecule has 0 aliphatic heterocycles. The summed E-state index contributed by atoms with van der Waals surface area (Å²) in [6.45, 7) is 2.71. The number of nitrogens with zero attached hydrogens (tertiary/aromatic N) is 3. The predicted molar refractivity (Wildman–Crippen MR) is 96.5 cm³/mol. The minimum atomic E-state index is -0.392. The third-order valence-electron chi connectivity index (χ3n) is 3.71. The molecule has 0 radical (unpaired) electrons. The Morgan fingerprint density at radius 3 is 2.71 bits per heavy atom. The van der Waals surface area contributed by atoms with Crippen molar-refractivity contribution in [3.63, 3.8) is 0 Å². The fraction of sp³-hybridized carbons (Fsp3) is 0.294. The highest BCUT2D eigenvalue weighted by atomic mass is 32.1. The Hall–Kier alpha value is -2.54. The van der Waals surface area contributed by atoms with Crippen LogP contribution in [0.5, 0.6) is 0 Å².